The SMILES string of the molecule is COC(C)CNC(C)CNC1CCCCC1. The van der Waals surface area contributed by atoms with E-state index in [1.54, 1.807) is 7.11 Å². The van der Waals surface area contributed by atoms with Gasteiger partial charge in [-0.2, -0.15) is 0 Å². The first kappa shape index (κ1) is 13.9. The molecule has 0 aromatic heterocycles. The first-order chi connectivity index (χ1) is 7.72. The van der Waals surface area contributed by atoms with Gasteiger partial charge in [0.2, 0.25) is 0 Å². The Morgan fingerprint density at radius 3 is 2.44 bits per heavy atom. The molecule has 1 rings (SSSR count). The minimum absolute atomic E-state index is 0.303. The van der Waals surface area contributed by atoms with Crippen LogP contribution in [0.1, 0.15) is 46.0 Å². The molecule has 3 nitrogen and oxygen atoms in total. The maximum absolute atomic E-state index is 5.21. The van der Waals surface area contributed by atoms with Crippen LogP contribution in [0.15, 0.2) is 0 Å². The summed E-state index contributed by atoms with van der Waals surface area (Å²) in [5.41, 5.74) is 0. The first-order valence-electron chi connectivity index (χ1n) is 6.72. The third kappa shape index (κ3) is 5.83. The van der Waals surface area contributed by atoms with Gasteiger partial charge < -0.3 is 15.4 Å². The third-order valence-electron chi connectivity index (χ3n) is 3.47. The van der Waals surface area contributed by atoms with Crippen molar-refractivity contribution in [1.29, 1.82) is 0 Å². The highest BCUT2D eigenvalue weighted by molar-refractivity contribution is 4.75. The van der Waals surface area contributed by atoms with Gasteiger partial charge in [0.25, 0.3) is 0 Å². The van der Waals surface area contributed by atoms with E-state index in [1.807, 2.05) is 0 Å². The van der Waals surface area contributed by atoms with Gasteiger partial charge >= 0.3 is 0 Å². The fraction of sp³-hybridized carbons (Fsp3) is 1.00. The molecule has 0 saturated heterocycles. The summed E-state index contributed by atoms with van der Waals surface area (Å²) < 4.78 is 5.21. The second kappa shape index (κ2) is 8.04. The van der Waals surface area contributed by atoms with E-state index in [0.717, 1.165) is 19.1 Å². The first-order valence-corrected chi connectivity index (χ1v) is 6.72. The lowest BCUT2D eigenvalue weighted by atomic mass is 9.95. The lowest BCUT2D eigenvalue weighted by Gasteiger charge is -2.25. The van der Waals surface area contributed by atoms with Gasteiger partial charge in [-0.25, -0.2) is 0 Å². The van der Waals surface area contributed by atoms with Crippen LogP contribution in [-0.2, 0) is 4.74 Å². The van der Waals surface area contributed by atoms with Crippen molar-refractivity contribution < 1.29 is 4.74 Å². The molecule has 1 aliphatic rings. The maximum Gasteiger partial charge on any atom is 0.0667 e. The Labute approximate surface area is 100 Å². The molecule has 0 bridgehead atoms. The highest BCUT2D eigenvalue weighted by Gasteiger charge is 2.13. The summed E-state index contributed by atoms with van der Waals surface area (Å²) >= 11 is 0. The van der Waals surface area contributed by atoms with Crippen molar-refractivity contribution in [1.82, 2.24) is 10.6 Å². The minimum atomic E-state index is 0.303. The summed E-state index contributed by atoms with van der Waals surface area (Å²) in [5, 5.41) is 7.15. The van der Waals surface area contributed by atoms with Crippen LogP contribution in [0.5, 0.6) is 0 Å². The van der Waals surface area contributed by atoms with E-state index in [1.165, 1.54) is 32.1 Å². The molecule has 1 fully saturated rings. The molecule has 0 heterocycles. The van der Waals surface area contributed by atoms with Gasteiger partial charge in [-0.1, -0.05) is 19.3 Å². The van der Waals surface area contributed by atoms with Crippen LogP contribution in [0.25, 0.3) is 0 Å². The Morgan fingerprint density at radius 1 is 1.12 bits per heavy atom. The van der Waals surface area contributed by atoms with Crippen LogP contribution < -0.4 is 10.6 Å². The van der Waals surface area contributed by atoms with Crippen LogP contribution in [0.4, 0.5) is 0 Å². The average Bonchev–Trinajstić information content (AvgIpc) is 2.34. The highest BCUT2D eigenvalue weighted by atomic mass is 16.5. The van der Waals surface area contributed by atoms with E-state index in [-0.39, 0.29) is 0 Å². The molecule has 2 atom stereocenters. The van der Waals surface area contributed by atoms with Crippen LogP contribution >= 0.6 is 0 Å². The maximum atomic E-state index is 5.21. The van der Waals surface area contributed by atoms with Gasteiger partial charge in [0, 0.05) is 32.3 Å². The minimum Gasteiger partial charge on any atom is -0.380 e. The summed E-state index contributed by atoms with van der Waals surface area (Å²) in [5.74, 6) is 0. The zero-order chi connectivity index (χ0) is 11.8. The zero-order valence-corrected chi connectivity index (χ0v) is 11.1. The Bertz CT molecular complexity index is 169. The monoisotopic (exact) mass is 228 g/mol. The molecular formula is C13H28N2O. The molecule has 1 saturated carbocycles. The van der Waals surface area contributed by atoms with Crippen molar-refractivity contribution in [3.05, 3.63) is 0 Å². The van der Waals surface area contributed by atoms with Gasteiger partial charge in [-0.3, -0.25) is 0 Å². The second-order valence-electron chi connectivity index (χ2n) is 5.10. The quantitative estimate of drug-likeness (QED) is 0.698. The van der Waals surface area contributed by atoms with Gasteiger partial charge in [-0.15, -0.1) is 0 Å². The summed E-state index contributed by atoms with van der Waals surface area (Å²) in [7, 11) is 1.76. The fourth-order valence-corrected chi connectivity index (χ4v) is 2.17. The standard InChI is InChI=1S/C13H28N2O/c1-11(14-10-12(2)16-3)9-15-13-7-5-4-6-8-13/h11-15H,4-10H2,1-3H3. The van der Waals surface area contributed by atoms with Crippen molar-refractivity contribution >= 4 is 0 Å². The van der Waals surface area contributed by atoms with E-state index in [4.69, 9.17) is 4.74 Å². The molecule has 0 spiro atoms. The molecule has 16 heavy (non-hydrogen) atoms. The van der Waals surface area contributed by atoms with Gasteiger partial charge in [0.15, 0.2) is 0 Å². The molecular weight excluding hydrogens is 200 g/mol. The van der Waals surface area contributed by atoms with E-state index < -0.39 is 0 Å². The molecule has 1 aliphatic carbocycles. The van der Waals surface area contributed by atoms with Crippen molar-refractivity contribution in [2.45, 2.75) is 64.1 Å². The van der Waals surface area contributed by atoms with Gasteiger partial charge in [0.1, 0.15) is 0 Å². The molecule has 0 aromatic carbocycles. The molecule has 0 aromatic rings. The van der Waals surface area contributed by atoms with Crippen LogP contribution in [0.3, 0.4) is 0 Å². The van der Waals surface area contributed by atoms with Crippen LogP contribution in [0.2, 0.25) is 0 Å². The molecule has 0 radical (unpaired) electrons. The van der Waals surface area contributed by atoms with Crippen LogP contribution in [-0.4, -0.2) is 38.4 Å². The summed E-state index contributed by atoms with van der Waals surface area (Å²) in [6.45, 7) is 6.33. The number of hydrogen-bond donors (Lipinski definition) is 2. The number of ether oxygens (including phenoxy) is 1. The van der Waals surface area contributed by atoms with Crippen LogP contribution in [0, 0.1) is 0 Å². The van der Waals surface area contributed by atoms with E-state index in [9.17, 15) is 0 Å². The van der Waals surface area contributed by atoms with Gasteiger partial charge in [0.05, 0.1) is 6.10 Å². The Morgan fingerprint density at radius 2 is 1.81 bits per heavy atom. The number of rotatable bonds is 7. The third-order valence-corrected chi connectivity index (χ3v) is 3.47. The van der Waals surface area contributed by atoms with E-state index >= 15 is 0 Å². The zero-order valence-electron chi connectivity index (χ0n) is 11.1. The topological polar surface area (TPSA) is 33.3 Å². The molecule has 96 valence electrons. The predicted octanol–water partition coefficient (Wildman–Crippen LogP) is 1.92. The Kier molecular flexibility index (Phi) is 7.01. The molecule has 2 unspecified atom stereocenters. The smallest absolute Gasteiger partial charge is 0.0667 e. The van der Waals surface area contributed by atoms with Gasteiger partial charge in [-0.05, 0) is 26.7 Å². The average molecular weight is 228 g/mol. The largest absolute Gasteiger partial charge is 0.380 e. The molecule has 3 heteroatoms. The van der Waals surface area contributed by atoms with E-state index in [2.05, 4.69) is 24.5 Å². The van der Waals surface area contributed by atoms with Crippen molar-refractivity contribution in [2.75, 3.05) is 20.2 Å². The molecule has 0 amide bonds. The highest BCUT2D eigenvalue weighted by Crippen LogP contribution is 2.17. The number of nitrogens with one attached hydrogen (secondary N) is 2. The summed E-state index contributed by atoms with van der Waals surface area (Å²) in [6, 6.07) is 1.29. The Hall–Kier alpha value is -0.120. The summed E-state index contributed by atoms with van der Waals surface area (Å²) in [6.07, 6.45) is 7.26. The van der Waals surface area contributed by atoms with Crippen molar-refractivity contribution in [2.24, 2.45) is 0 Å². The van der Waals surface area contributed by atoms with Crippen molar-refractivity contribution in [3.63, 3.8) is 0 Å². The molecule has 0 aliphatic heterocycles. The van der Waals surface area contributed by atoms with Crippen molar-refractivity contribution in [3.8, 4) is 0 Å². The van der Waals surface area contributed by atoms with E-state index in [0.29, 0.717) is 12.1 Å². The number of methoxy groups -OCH3 is 1. The molecule has 2 N–H and O–H groups in total. The normalized spacial score (nSPS) is 21.9. The number of hydrogen-bond acceptors (Lipinski definition) is 3. The second-order valence-corrected chi connectivity index (χ2v) is 5.10. The summed E-state index contributed by atoms with van der Waals surface area (Å²) in [4.78, 5) is 0. The Balaban J connectivity index is 2.02. The lowest BCUT2D eigenvalue weighted by molar-refractivity contribution is 0.114. The fourth-order valence-electron chi connectivity index (χ4n) is 2.17. The predicted molar refractivity (Wildman–Crippen MR) is 68.8 cm³/mol. The lowest BCUT2D eigenvalue weighted by Crippen LogP contribution is -2.43.